The van der Waals surface area contributed by atoms with Crippen LogP contribution in [0.3, 0.4) is 0 Å². The van der Waals surface area contributed by atoms with Gasteiger partial charge in [0.15, 0.2) is 0 Å². The van der Waals surface area contributed by atoms with Crippen molar-refractivity contribution in [2.75, 3.05) is 33.4 Å². The number of hydrogen-bond donors (Lipinski definition) is 1. The lowest BCUT2D eigenvalue weighted by molar-refractivity contribution is 0.0720. The molecule has 2 rings (SSSR count). The molecular weight excluding hydrogens is 314 g/mol. The van der Waals surface area contributed by atoms with Gasteiger partial charge in [0.25, 0.3) is 0 Å². The van der Waals surface area contributed by atoms with Gasteiger partial charge in [0.1, 0.15) is 30.8 Å². The summed E-state index contributed by atoms with van der Waals surface area (Å²) in [5.74, 6) is 1.71. The van der Waals surface area contributed by atoms with Crippen molar-refractivity contribution in [1.82, 2.24) is 4.90 Å². The van der Waals surface area contributed by atoms with Gasteiger partial charge in [-0.25, -0.2) is 0 Å². The molecule has 0 aromatic heterocycles. The molecule has 136 valence electrons. The minimum atomic E-state index is -0.538. The van der Waals surface area contributed by atoms with Crippen LogP contribution in [0.1, 0.15) is 16.7 Å². The van der Waals surface area contributed by atoms with Crippen molar-refractivity contribution >= 4 is 0 Å². The molecule has 0 fully saturated rings. The molecule has 0 aliphatic rings. The third kappa shape index (κ3) is 6.77. The second-order valence-corrected chi connectivity index (χ2v) is 6.66. The number of likely N-dealkylation sites (N-methyl/N-ethyl adjacent to an activating group) is 1. The Kier molecular flexibility index (Phi) is 7.29. The van der Waals surface area contributed by atoms with E-state index in [1.807, 2.05) is 62.2 Å². The molecular formula is C21H29NO3. The van der Waals surface area contributed by atoms with Crippen LogP contribution >= 0.6 is 0 Å². The quantitative estimate of drug-likeness (QED) is 0.758. The fourth-order valence-electron chi connectivity index (χ4n) is 2.51. The smallest absolute Gasteiger partial charge is 0.122 e. The summed E-state index contributed by atoms with van der Waals surface area (Å²) < 4.78 is 11.5. The van der Waals surface area contributed by atoms with Gasteiger partial charge in [-0.3, -0.25) is 0 Å². The minimum Gasteiger partial charge on any atom is -0.492 e. The van der Waals surface area contributed by atoms with E-state index in [9.17, 15) is 5.11 Å². The highest BCUT2D eigenvalue weighted by Gasteiger charge is 2.10. The largest absolute Gasteiger partial charge is 0.492 e. The van der Waals surface area contributed by atoms with Crippen LogP contribution in [0.15, 0.2) is 42.5 Å². The first kappa shape index (κ1) is 19.3. The first-order valence-electron chi connectivity index (χ1n) is 8.70. The van der Waals surface area contributed by atoms with Crippen LogP contribution < -0.4 is 9.47 Å². The molecule has 0 aliphatic heterocycles. The van der Waals surface area contributed by atoms with Crippen molar-refractivity contribution in [2.24, 2.45) is 0 Å². The lowest BCUT2D eigenvalue weighted by atomic mass is 10.1. The van der Waals surface area contributed by atoms with Crippen LogP contribution in [0.25, 0.3) is 0 Å². The van der Waals surface area contributed by atoms with Crippen molar-refractivity contribution in [3.63, 3.8) is 0 Å². The Morgan fingerprint density at radius 1 is 0.960 bits per heavy atom. The maximum Gasteiger partial charge on any atom is 0.122 e. The van der Waals surface area contributed by atoms with E-state index in [4.69, 9.17) is 9.47 Å². The van der Waals surface area contributed by atoms with Crippen LogP contribution in [-0.4, -0.2) is 49.5 Å². The predicted molar refractivity (Wildman–Crippen MR) is 102 cm³/mol. The summed E-state index contributed by atoms with van der Waals surface area (Å²) in [4.78, 5) is 2.05. The second kappa shape index (κ2) is 9.44. The third-order valence-corrected chi connectivity index (χ3v) is 4.06. The lowest BCUT2D eigenvalue weighted by Gasteiger charge is -2.21. The molecule has 0 bridgehead atoms. The van der Waals surface area contributed by atoms with Gasteiger partial charge in [-0.15, -0.1) is 0 Å². The second-order valence-electron chi connectivity index (χ2n) is 6.66. The number of benzene rings is 2. The maximum absolute atomic E-state index is 10.2. The third-order valence-electron chi connectivity index (χ3n) is 4.06. The van der Waals surface area contributed by atoms with Gasteiger partial charge in [0.2, 0.25) is 0 Å². The number of ether oxygens (including phenoxy) is 2. The maximum atomic E-state index is 10.2. The van der Waals surface area contributed by atoms with Gasteiger partial charge in [-0.05, 0) is 57.1 Å². The van der Waals surface area contributed by atoms with E-state index in [0.717, 1.165) is 29.2 Å². The molecule has 1 N–H and O–H groups in total. The van der Waals surface area contributed by atoms with E-state index in [2.05, 4.69) is 13.0 Å². The zero-order valence-corrected chi connectivity index (χ0v) is 15.7. The molecule has 0 radical (unpaired) electrons. The molecule has 2 aromatic carbocycles. The molecule has 2 aromatic rings. The van der Waals surface area contributed by atoms with Gasteiger partial charge in [0.05, 0.1) is 0 Å². The Morgan fingerprint density at radius 3 is 2.36 bits per heavy atom. The highest BCUT2D eigenvalue weighted by Crippen LogP contribution is 2.19. The number of nitrogens with zero attached hydrogens (tertiary/aromatic N) is 1. The van der Waals surface area contributed by atoms with Crippen molar-refractivity contribution in [3.8, 4) is 11.5 Å². The summed E-state index contributed by atoms with van der Waals surface area (Å²) in [6.07, 6.45) is -0.538. The molecule has 4 heteroatoms. The van der Waals surface area contributed by atoms with Crippen LogP contribution in [0.5, 0.6) is 11.5 Å². The number of aliphatic hydroxyl groups is 1. The van der Waals surface area contributed by atoms with Gasteiger partial charge in [0, 0.05) is 13.1 Å². The summed E-state index contributed by atoms with van der Waals surface area (Å²) in [6, 6.07) is 14.1. The average molecular weight is 343 g/mol. The van der Waals surface area contributed by atoms with E-state index in [-0.39, 0.29) is 6.61 Å². The fourth-order valence-corrected chi connectivity index (χ4v) is 2.51. The van der Waals surface area contributed by atoms with Crippen LogP contribution in [0.4, 0.5) is 0 Å². The SMILES string of the molecule is Cc1ccc(OCCN(C)CC(O)COc2cc(C)ccc2C)cc1. The van der Waals surface area contributed by atoms with E-state index >= 15 is 0 Å². The molecule has 0 saturated heterocycles. The van der Waals surface area contributed by atoms with E-state index in [0.29, 0.717) is 13.2 Å². The number of rotatable bonds is 9. The molecule has 0 amide bonds. The molecule has 25 heavy (non-hydrogen) atoms. The Hall–Kier alpha value is -2.04. The van der Waals surface area contributed by atoms with Crippen molar-refractivity contribution < 1.29 is 14.6 Å². The molecule has 0 spiro atoms. The Balaban J connectivity index is 1.68. The summed E-state index contributed by atoms with van der Waals surface area (Å²) in [7, 11) is 1.97. The first-order chi connectivity index (χ1) is 11.9. The Bertz CT molecular complexity index is 655. The van der Waals surface area contributed by atoms with E-state index in [1.165, 1.54) is 5.56 Å². The first-order valence-corrected chi connectivity index (χ1v) is 8.70. The number of hydrogen-bond acceptors (Lipinski definition) is 4. The fraction of sp³-hybridized carbons (Fsp3) is 0.429. The van der Waals surface area contributed by atoms with Crippen molar-refractivity contribution in [2.45, 2.75) is 26.9 Å². The molecule has 0 heterocycles. The summed E-state index contributed by atoms with van der Waals surface area (Å²) in [6.45, 7) is 8.26. The zero-order chi connectivity index (χ0) is 18.2. The minimum absolute atomic E-state index is 0.285. The van der Waals surface area contributed by atoms with E-state index in [1.54, 1.807) is 0 Å². The van der Waals surface area contributed by atoms with Crippen molar-refractivity contribution in [1.29, 1.82) is 0 Å². The van der Waals surface area contributed by atoms with Gasteiger partial charge < -0.3 is 19.5 Å². The standard InChI is InChI=1S/C21H29NO3/c1-16-6-9-20(10-7-16)24-12-11-22(4)14-19(23)15-25-21-13-17(2)5-8-18(21)3/h5-10,13,19,23H,11-12,14-15H2,1-4H3. The van der Waals surface area contributed by atoms with Gasteiger partial charge in [-0.2, -0.15) is 0 Å². The lowest BCUT2D eigenvalue weighted by Crippen LogP contribution is -2.35. The normalized spacial score (nSPS) is 12.2. The summed E-state index contributed by atoms with van der Waals surface area (Å²) >= 11 is 0. The molecule has 4 nitrogen and oxygen atoms in total. The number of aliphatic hydroxyl groups excluding tert-OH is 1. The monoisotopic (exact) mass is 343 g/mol. The zero-order valence-electron chi connectivity index (χ0n) is 15.7. The average Bonchev–Trinajstić information content (AvgIpc) is 2.57. The van der Waals surface area contributed by atoms with Gasteiger partial charge >= 0.3 is 0 Å². The van der Waals surface area contributed by atoms with Crippen LogP contribution in [0.2, 0.25) is 0 Å². The Morgan fingerprint density at radius 2 is 1.64 bits per heavy atom. The number of aryl methyl sites for hydroxylation is 3. The molecule has 0 saturated carbocycles. The van der Waals surface area contributed by atoms with Crippen molar-refractivity contribution in [3.05, 3.63) is 59.2 Å². The van der Waals surface area contributed by atoms with Crippen LogP contribution in [0, 0.1) is 20.8 Å². The topological polar surface area (TPSA) is 41.9 Å². The predicted octanol–water partition coefficient (Wildman–Crippen LogP) is 3.36. The summed E-state index contributed by atoms with van der Waals surface area (Å²) in [5.41, 5.74) is 3.45. The molecule has 0 aliphatic carbocycles. The Labute approximate surface area is 151 Å². The van der Waals surface area contributed by atoms with E-state index < -0.39 is 6.10 Å². The summed E-state index contributed by atoms with van der Waals surface area (Å²) in [5, 5.41) is 10.2. The van der Waals surface area contributed by atoms with Gasteiger partial charge in [-0.1, -0.05) is 29.8 Å². The van der Waals surface area contributed by atoms with Crippen LogP contribution in [-0.2, 0) is 0 Å². The highest BCUT2D eigenvalue weighted by molar-refractivity contribution is 5.36. The molecule has 1 unspecified atom stereocenters. The molecule has 1 atom stereocenters. The highest BCUT2D eigenvalue weighted by atomic mass is 16.5.